The monoisotopic (exact) mass is 386 g/mol. The number of nitrogens with one attached hydrogen (secondary N) is 1. The van der Waals surface area contributed by atoms with Crippen LogP contribution in [0.3, 0.4) is 0 Å². The summed E-state index contributed by atoms with van der Waals surface area (Å²) in [5, 5.41) is 1.02. The Morgan fingerprint density at radius 2 is 1.85 bits per heavy atom. The lowest BCUT2D eigenvalue weighted by atomic mass is 10.2. The van der Waals surface area contributed by atoms with E-state index in [-0.39, 0.29) is 0 Å². The van der Waals surface area contributed by atoms with Gasteiger partial charge in [-0.15, -0.1) is 0 Å². The molecular weight excluding hydrogens is 379 g/mol. The number of hydrogen-bond acceptors (Lipinski definition) is 1. The molecule has 6 heteroatoms. The minimum atomic E-state index is 0.509. The van der Waals surface area contributed by atoms with E-state index in [0.717, 1.165) is 26.8 Å². The molecule has 0 amide bonds. The molecule has 1 N–H and O–H groups in total. The molecule has 0 saturated carbocycles. The van der Waals surface area contributed by atoms with Gasteiger partial charge in [0.05, 0.1) is 21.1 Å². The summed E-state index contributed by atoms with van der Waals surface area (Å²) in [6.45, 7) is 2.04. The van der Waals surface area contributed by atoms with Crippen molar-refractivity contribution < 1.29 is 0 Å². The molecule has 0 bridgehead atoms. The van der Waals surface area contributed by atoms with Gasteiger partial charge >= 0.3 is 0 Å². The quantitative estimate of drug-likeness (QED) is 0.502. The Morgan fingerprint density at radius 3 is 2.55 bits per heavy atom. The van der Waals surface area contributed by atoms with Crippen molar-refractivity contribution >= 4 is 62.4 Å². The second-order valence-electron chi connectivity index (χ2n) is 4.48. The summed E-state index contributed by atoms with van der Waals surface area (Å²) in [5.41, 5.74) is 3.90. The fourth-order valence-corrected chi connectivity index (χ4v) is 3.01. The van der Waals surface area contributed by atoms with Crippen molar-refractivity contribution in [3.05, 3.63) is 55.2 Å². The van der Waals surface area contributed by atoms with Crippen molar-refractivity contribution in [1.29, 1.82) is 0 Å². The largest absolute Gasteiger partial charge is 0.330 e. The number of H-pyrrole nitrogens is 1. The summed E-state index contributed by atoms with van der Waals surface area (Å²) in [4.78, 5) is 3.15. The van der Waals surface area contributed by atoms with Gasteiger partial charge in [-0.3, -0.25) is 4.57 Å². The molecule has 0 radical (unpaired) electrons. The van der Waals surface area contributed by atoms with Gasteiger partial charge in [0.25, 0.3) is 0 Å². The average molecular weight is 388 g/mol. The molecule has 3 rings (SSSR count). The Labute approximate surface area is 139 Å². The van der Waals surface area contributed by atoms with Crippen LogP contribution in [0.25, 0.3) is 16.7 Å². The highest BCUT2D eigenvalue weighted by Crippen LogP contribution is 2.30. The number of hydrogen-bond donors (Lipinski definition) is 1. The number of fused-ring (bicyclic) bond motifs is 1. The molecule has 2 nitrogen and oxygen atoms in total. The van der Waals surface area contributed by atoms with Crippen LogP contribution >= 0.6 is 51.3 Å². The number of benzene rings is 2. The molecule has 20 heavy (non-hydrogen) atoms. The predicted molar refractivity (Wildman–Crippen MR) is 90.9 cm³/mol. The molecule has 0 unspecified atom stereocenters. The van der Waals surface area contributed by atoms with E-state index < -0.39 is 0 Å². The van der Waals surface area contributed by atoms with Crippen LogP contribution in [0.4, 0.5) is 0 Å². The van der Waals surface area contributed by atoms with E-state index in [1.807, 2.05) is 29.7 Å². The van der Waals surface area contributed by atoms with Gasteiger partial charge in [-0.25, -0.2) is 0 Å². The molecule has 0 atom stereocenters. The zero-order chi connectivity index (χ0) is 14.4. The molecule has 0 aliphatic heterocycles. The maximum atomic E-state index is 6.11. The molecule has 1 aromatic heterocycles. The zero-order valence-corrected chi connectivity index (χ0v) is 14.3. The Kier molecular flexibility index (Phi) is 3.67. The highest BCUT2D eigenvalue weighted by atomic mass is 79.9. The smallest absolute Gasteiger partial charge is 0.182 e. The Hall–Kier alpha value is -0.810. The lowest BCUT2D eigenvalue weighted by molar-refractivity contribution is 1.06. The Morgan fingerprint density at radius 1 is 1.15 bits per heavy atom. The first-order valence-corrected chi connectivity index (χ1v) is 7.79. The van der Waals surface area contributed by atoms with E-state index >= 15 is 0 Å². The summed E-state index contributed by atoms with van der Waals surface area (Å²) < 4.78 is 3.63. The van der Waals surface area contributed by atoms with Crippen LogP contribution in [0, 0.1) is 11.7 Å². The van der Waals surface area contributed by atoms with E-state index in [9.17, 15) is 0 Å². The van der Waals surface area contributed by atoms with Gasteiger partial charge in [-0.2, -0.15) is 0 Å². The first-order valence-electron chi connectivity index (χ1n) is 5.83. The van der Waals surface area contributed by atoms with Crippen molar-refractivity contribution in [3.63, 3.8) is 0 Å². The standard InChI is InChI=1S/C14H9BrCl2N2S/c1-7-4-8(2-3-9(7)15)19-13-6-11(17)10(16)5-12(13)18-14(19)20/h2-6H,1H3,(H,18,20). The lowest BCUT2D eigenvalue weighted by Gasteiger charge is -2.07. The molecule has 3 aromatic rings. The van der Waals surface area contributed by atoms with Crippen molar-refractivity contribution in [3.8, 4) is 5.69 Å². The first kappa shape index (κ1) is 14.1. The van der Waals surface area contributed by atoms with E-state index in [0.29, 0.717) is 14.8 Å². The molecule has 0 spiro atoms. The van der Waals surface area contributed by atoms with E-state index in [1.165, 1.54) is 0 Å². The second-order valence-corrected chi connectivity index (χ2v) is 6.54. The molecular formula is C14H9BrCl2N2S. The van der Waals surface area contributed by atoms with Crippen LogP contribution in [0.5, 0.6) is 0 Å². The number of nitrogens with zero attached hydrogens (tertiary/aromatic N) is 1. The molecule has 102 valence electrons. The topological polar surface area (TPSA) is 20.7 Å². The Bertz CT molecular complexity index is 883. The minimum absolute atomic E-state index is 0.509. The van der Waals surface area contributed by atoms with E-state index in [1.54, 1.807) is 6.07 Å². The number of aromatic amines is 1. The summed E-state index contributed by atoms with van der Waals surface area (Å²) in [6, 6.07) is 9.68. The van der Waals surface area contributed by atoms with Gasteiger partial charge < -0.3 is 4.98 Å². The molecule has 0 aliphatic carbocycles. The third-order valence-corrected chi connectivity index (χ3v) is 5.02. The van der Waals surface area contributed by atoms with Gasteiger partial charge in [-0.05, 0) is 55.0 Å². The number of halogens is 3. The van der Waals surface area contributed by atoms with Crippen LogP contribution < -0.4 is 0 Å². The van der Waals surface area contributed by atoms with Crippen LogP contribution in [-0.2, 0) is 0 Å². The number of imidazole rings is 1. The third kappa shape index (κ3) is 2.31. The van der Waals surface area contributed by atoms with Crippen LogP contribution in [0.15, 0.2) is 34.8 Å². The fourth-order valence-electron chi connectivity index (χ4n) is 2.13. The van der Waals surface area contributed by atoms with Crippen LogP contribution in [-0.4, -0.2) is 9.55 Å². The maximum absolute atomic E-state index is 6.11. The normalized spacial score (nSPS) is 11.2. The van der Waals surface area contributed by atoms with Gasteiger partial charge in [0.1, 0.15) is 0 Å². The van der Waals surface area contributed by atoms with Crippen molar-refractivity contribution in [2.75, 3.05) is 0 Å². The van der Waals surface area contributed by atoms with Gasteiger partial charge in [-0.1, -0.05) is 39.1 Å². The maximum Gasteiger partial charge on any atom is 0.182 e. The van der Waals surface area contributed by atoms with Crippen molar-refractivity contribution in [2.45, 2.75) is 6.92 Å². The molecule has 0 saturated heterocycles. The minimum Gasteiger partial charge on any atom is -0.330 e. The second kappa shape index (κ2) is 5.19. The highest BCUT2D eigenvalue weighted by molar-refractivity contribution is 9.10. The van der Waals surface area contributed by atoms with Crippen LogP contribution in [0.1, 0.15) is 5.56 Å². The number of rotatable bonds is 1. The number of aromatic nitrogens is 2. The molecule has 0 fully saturated rings. The van der Waals surface area contributed by atoms with E-state index in [2.05, 4.69) is 27.0 Å². The van der Waals surface area contributed by atoms with Crippen LogP contribution in [0.2, 0.25) is 10.0 Å². The van der Waals surface area contributed by atoms with Gasteiger partial charge in [0, 0.05) is 10.2 Å². The summed E-state index contributed by atoms with van der Waals surface area (Å²) in [6.07, 6.45) is 0. The zero-order valence-electron chi connectivity index (χ0n) is 10.4. The lowest BCUT2D eigenvalue weighted by Crippen LogP contribution is -1.94. The predicted octanol–water partition coefficient (Wildman–Crippen LogP) is 6.07. The third-order valence-electron chi connectivity index (χ3n) is 3.12. The fraction of sp³-hybridized carbons (Fsp3) is 0.0714. The number of aryl methyl sites for hydroxylation is 1. The van der Waals surface area contributed by atoms with Gasteiger partial charge in [0.15, 0.2) is 4.77 Å². The SMILES string of the molecule is Cc1cc(-n2c(=S)[nH]c3cc(Cl)c(Cl)cc32)ccc1Br. The summed E-state index contributed by atoms with van der Waals surface area (Å²) >= 11 is 21.1. The summed E-state index contributed by atoms with van der Waals surface area (Å²) in [5.74, 6) is 0. The average Bonchev–Trinajstić information content (AvgIpc) is 2.69. The molecule has 0 aliphatic rings. The van der Waals surface area contributed by atoms with Crippen molar-refractivity contribution in [1.82, 2.24) is 9.55 Å². The van der Waals surface area contributed by atoms with E-state index in [4.69, 9.17) is 35.4 Å². The highest BCUT2D eigenvalue weighted by Gasteiger charge is 2.10. The Balaban J connectivity index is 2.35. The molecule has 1 heterocycles. The van der Waals surface area contributed by atoms with Gasteiger partial charge in [0.2, 0.25) is 0 Å². The summed E-state index contributed by atoms with van der Waals surface area (Å²) in [7, 11) is 0. The molecule has 2 aromatic carbocycles. The first-order chi connectivity index (χ1) is 9.47. The van der Waals surface area contributed by atoms with Crippen molar-refractivity contribution in [2.24, 2.45) is 0 Å².